The number of fused-ring (bicyclic) bond motifs is 1. The molecular formula is C11H13HgO3. The first-order valence-electron chi connectivity index (χ1n) is 4.86. The third-order valence-corrected chi connectivity index (χ3v) is 4.54. The minimum atomic E-state index is -0.833. The van der Waals surface area contributed by atoms with Crippen LogP contribution in [0.2, 0.25) is 3.93 Å². The molecule has 0 fully saturated rings. The summed E-state index contributed by atoms with van der Waals surface area (Å²) >= 11 is 0.870. The Hall–Kier alpha value is -0.575. The second-order valence-corrected chi connectivity index (χ2v) is 5.60. The molecule has 1 atom stereocenters. The minimum absolute atomic E-state index is 0.510. The second kappa shape index (κ2) is 6.11. The third-order valence-electron chi connectivity index (χ3n) is 2.04. The average Bonchev–Trinajstić information content (AvgIpc) is 2.59. The molecule has 0 radical (unpaired) electrons. The third kappa shape index (κ3) is 4.20. The summed E-state index contributed by atoms with van der Waals surface area (Å²) in [7, 11) is 0. The molecule has 3 nitrogen and oxygen atoms in total. The van der Waals surface area contributed by atoms with Crippen LogP contribution >= 0.6 is 0 Å². The van der Waals surface area contributed by atoms with Gasteiger partial charge in [0.1, 0.15) is 0 Å². The van der Waals surface area contributed by atoms with Crippen LogP contribution in [0.15, 0.2) is 24.3 Å². The van der Waals surface area contributed by atoms with Crippen molar-refractivity contribution in [3.05, 3.63) is 29.8 Å². The molecule has 1 aliphatic heterocycles. The summed E-state index contributed by atoms with van der Waals surface area (Å²) in [6, 6.07) is 8.36. The van der Waals surface area contributed by atoms with E-state index in [1.54, 1.807) is 0 Å². The van der Waals surface area contributed by atoms with E-state index in [-0.39, 0.29) is 0 Å². The molecule has 0 amide bonds. The molecule has 15 heavy (non-hydrogen) atoms. The molecule has 0 saturated carbocycles. The van der Waals surface area contributed by atoms with Crippen molar-refractivity contribution < 1.29 is 40.8 Å². The maximum atomic E-state index is 9.00. The molecule has 0 aliphatic carbocycles. The van der Waals surface area contributed by atoms with E-state index in [4.69, 9.17) is 14.6 Å². The van der Waals surface area contributed by atoms with E-state index in [2.05, 4.69) is 18.2 Å². The molecule has 0 bridgehead atoms. The zero-order chi connectivity index (χ0) is 11.3. The van der Waals surface area contributed by atoms with Crippen LogP contribution in [0.1, 0.15) is 12.5 Å². The summed E-state index contributed by atoms with van der Waals surface area (Å²) in [6.07, 6.45) is 1.65. The average molecular weight is 394 g/mol. The van der Waals surface area contributed by atoms with E-state index in [0.717, 1.165) is 45.2 Å². The van der Waals surface area contributed by atoms with Gasteiger partial charge in [-0.15, -0.1) is 0 Å². The standard InChI is InChI=1S/C9H9O.C2H4O2.Hg/c1-7-6-8-4-2-3-5-9(8)10-7;1-2(3)4;/h2-5,7H,1,6H2;1H3,(H,3,4);. The maximum absolute atomic E-state index is 9.00. The van der Waals surface area contributed by atoms with Gasteiger partial charge in [-0.2, -0.15) is 0 Å². The van der Waals surface area contributed by atoms with E-state index >= 15 is 0 Å². The fraction of sp³-hybridized carbons (Fsp3) is 0.364. The van der Waals surface area contributed by atoms with Crippen molar-refractivity contribution in [1.29, 1.82) is 0 Å². The van der Waals surface area contributed by atoms with Crippen LogP contribution in [-0.4, -0.2) is 17.2 Å². The zero-order valence-electron chi connectivity index (χ0n) is 8.77. The van der Waals surface area contributed by atoms with Gasteiger partial charge in [-0.25, -0.2) is 0 Å². The number of ether oxygens (including phenoxy) is 1. The van der Waals surface area contributed by atoms with Gasteiger partial charge in [0, 0.05) is 6.92 Å². The molecule has 1 heterocycles. The monoisotopic (exact) mass is 395 g/mol. The topological polar surface area (TPSA) is 46.5 Å². The summed E-state index contributed by atoms with van der Waals surface area (Å²) in [5.74, 6) is 0.281. The number of para-hydroxylation sites is 1. The number of carbonyl (C=O) groups is 1. The Balaban J connectivity index is 0.000000245. The Morgan fingerprint density at radius 3 is 2.73 bits per heavy atom. The zero-order valence-corrected chi connectivity index (χ0v) is 14.3. The Morgan fingerprint density at radius 2 is 2.20 bits per heavy atom. The van der Waals surface area contributed by atoms with Gasteiger partial charge in [0.05, 0.1) is 0 Å². The van der Waals surface area contributed by atoms with Crippen LogP contribution in [0.3, 0.4) is 0 Å². The Labute approximate surface area is 105 Å². The Bertz CT molecular complexity index is 309. The van der Waals surface area contributed by atoms with Crippen molar-refractivity contribution in [3.8, 4) is 5.75 Å². The van der Waals surface area contributed by atoms with Gasteiger partial charge in [-0.3, -0.25) is 4.79 Å². The molecule has 1 unspecified atom stereocenters. The molecule has 1 aromatic rings. The van der Waals surface area contributed by atoms with Gasteiger partial charge < -0.3 is 5.11 Å². The van der Waals surface area contributed by atoms with Gasteiger partial charge in [0.2, 0.25) is 0 Å². The van der Waals surface area contributed by atoms with Gasteiger partial charge in [-0.05, 0) is 0 Å². The van der Waals surface area contributed by atoms with E-state index in [0.29, 0.717) is 6.10 Å². The molecule has 0 saturated heterocycles. The number of benzene rings is 1. The normalized spacial score (nSPS) is 17.1. The molecule has 1 aliphatic rings. The fourth-order valence-electron chi connectivity index (χ4n) is 1.41. The van der Waals surface area contributed by atoms with Crippen LogP contribution in [0.25, 0.3) is 0 Å². The van der Waals surface area contributed by atoms with Crippen LogP contribution in [0.5, 0.6) is 5.75 Å². The SMILES string of the molecule is CC(=O)O.[Hg][CH2]C1Cc2ccccc2O1. The quantitative estimate of drug-likeness (QED) is 0.743. The number of hydrogen-bond acceptors (Lipinski definition) is 2. The predicted octanol–water partition coefficient (Wildman–Crippen LogP) is 2.05. The van der Waals surface area contributed by atoms with Crippen LogP contribution in [-0.2, 0) is 37.3 Å². The number of hydrogen-bond donors (Lipinski definition) is 1. The van der Waals surface area contributed by atoms with Gasteiger partial charge in [0.15, 0.2) is 0 Å². The fourth-order valence-corrected chi connectivity index (χ4v) is 2.67. The van der Waals surface area contributed by atoms with E-state index in [9.17, 15) is 0 Å². The Morgan fingerprint density at radius 1 is 1.60 bits per heavy atom. The van der Waals surface area contributed by atoms with Crippen LogP contribution in [0.4, 0.5) is 0 Å². The summed E-state index contributed by atoms with van der Waals surface area (Å²) < 4.78 is 7.00. The van der Waals surface area contributed by atoms with Crippen LogP contribution in [0, 0.1) is 0 Å². The molecular weight excluding hydrogens is 381 g/mol. The molecule has 0 spiro atoms. The number of carboxylic acid groups (broad SMARTS) is 1. The summed E-state index contributed by atoms with van der Waals surface area (Å²) in [5, 5.41) is 7.42. The summed E-state index contributed by atoms with van der Waals surface area (Å²) in [6.45, 7) is 1.08. The van der Waals surface area contributed by atoms with Crippen molar-refractivity contribution in [2.75, 3.05) is 0 Å². The van der Waals surface area contributed by atoms with Gasteiger partial charge >= 0.3 is 82.9 Å². The Kier molecular flexibility index (Phi) is 5.09. The van der Waals surface area contributed by atoms with Gasteiger partial charge in [0.25, 0.3) is 5.97 Å². The number of rotatable bonds is 1. The number of aliphatic carboxylic acids is 1. The van der Waals surface area contributed by atoms with Gasteiger partial charge in [-0.1, -0.05) is 0 Å². The van der Waals surface area contributed by atoms with E-state index in [1.807, 2.05) is 6.07 Å². The predicted molar refractivity (Wildman–Crippen MR) is 52.7 cm³/mol. The molecule has 1 aromatic carbocycles. The molecule has 4 heteroatoms. The van der Waals surface area contributed by atoms with E-state index in [1.165, 1.54) is 9.49 Å². The first-order valence-corrected chi connectivity index (χ1v) is 8.75. The van der Waals surface area contributed by atoms with Crippen molar-refractivity contribution in [1.82, 2.24) is 0 Å². The van der Waals surface area contributed by atoms with Crippen LogP contribution < -0.4 is 4.74 Å². The van der Waals surface area contributed by atoms with Crippen molar-refractivity contribution >= 4 is 5.97 Å². The molecule has 77 valence electrons. The van der Waals surface area contributed by atoms with E-state index < -0.39 is 5.97 Å². The second-order valence-electron chi connectivity index (χ2n) is 3.36. The van der Waals surface area contributed by atoms with Crippen molar-refractivity contribution in [3.63, 3.8) is 0 Å². The molecule has 1 N–H and O–H groups in total. The summed E-state index contributed by atoms with van der Waals surface area (Å²) in [4.78, 5) is 9.00. The summed E-state index contributed by atoms with van der Waals surface area (Å²) in [5.41, 5.74) is 1.39. The molecule has 2 rings (SSSR count). The number of carboxylic acids is 1. The first kappa shape index (κ1) is 12.5. The molecule has 0 aromatic heterocycles. The van der Waals surface area contributed by atoms with Crippen molar-refractivity contribution in [2.24, 2.45) is 0 Å². The van der Waals surface area contributed by atoms with Crippen molar-refractivity contribution in [2.45, 2.75) is 23.4 Å². The first-order chi connectivity index (χ1) is 7.13.